The average molecular weight is 467 g/mol. The van der Waals surface area contributed by atoms with Gasteiger partial charge in [0.15, 0.2) is 0 Å². The number of carboxylic acid groups (broad SMARTS) is 1. The van der Waals surface area contributed by atoms with Crippen LogP contribution in [0, 0.1) is 5.92 Å². The van der Waals surface area contributed by atoms with Crippen molar-refractivity contribution in [1.29, 1.82) is 0 Å². The molecule has 0 aromatic carbocycles. The Balaban J connectivity index is 4.17. The Morgan fingerprint density at radius 3 is 2.13 bits per heavy atom. The zero-order valence-corrected chi connectivity index (χ0v) is 21.3. The highest BCUT2D eigenvalue weighted by Gasteiger charge is 2.37. The van der Waals surface area contributed by atoms with Gasteiger partial charge in [0.2, 0.25) is 5.91 Å². The quantitative estimate of drug-likeness (QED) is 0.221. The number of amides is 1. The van der Waals surface area contributed by atoms with E-state index >= 15 is 0 Å². The third kappa shape index (κ3) is 16.2. The first-order valence-electron chi connectivity index (χ1n) is 10.6. The summed E-state index contributed by atoms with van der Waals surface area (Å²) in [4.78, 5) is 23.9. The molecule has 3 N–H and O–H groups in total. The molecule has 0 unspecified atom stereocenters. The monoisotopic (exact) mass is 466 g/mol. The van der Waals surface area contributed by atoms with Crippen molar-refractivity contribution in [2.45, 2.75) is 77.6 Å². The number of carbonyl (C=O) groups is 2. The molecule has 0 aliphatic rings. The van der Waals surface area contributed by atoms with Crippen LogP contribution in [0.5, 0.6) is 0 Å². The second-order valence-corrected chi connectivity index (χ2v) is 12.3. The predicted molar refractivity (Wildman–Crippen MR) is 127 cm³/mol. The predicted octanol–water partition coefficient (Wildman–Crippen LogP) is 3.57. The number of nitrogens with one attached hydrogen (secondary N) is 2. The van der Waals surface area contributed by atoms with Crippen LogP contribution in [0.4, 0.5) is 0 Å². The summed E-state index contributed by atoms with van der Waals surface area (Å²) in [6.07, 6.45) is 1.14. The van der Waals surface area contributed by atoms with Crippen molar-refractivity contribution in [3.63, 3.8) is 0 Å². The van der Waals surface area contributed by atoms with Gasteiger partial charge in [-0.3, -0.25) is 4.79 Å². The van der Waals surface area contributed by atoms with Gasteiger partial charge in [-0.2, -0.15) is 0 Å². The number of carboxylic acids is 1. The fourth-order valence-electron chi connectivity index (χ4n) is 2.28. The van der Waals surface area contributed by atoms with E-state index in [4.69, 9.17) is 9.47 Å². The molecular formula is C21H42N2O5S2. The summed E-state index contributed by atoms with van der Waals surface area (Å²) in [6.45, 7) is 17.0. The van der Waals surface area contributed by atoms with Gasteiger partial charge >= 0.3 is 5.97 Å². The van der Waals surface area contributed by atoms with Crippen molar-refractivity contribution in [3.05, 3.63) is 0 Å². The Bertz CT molecular complexity index is 496. The van der Waals surface area contributed by atoms with Crippen molar-refractivity contribution in [2.75, 3.05) is 38.7 Å². The average Bonchev–Trinajstić information content (AvgIpc) is 2.59. The smallest absolute Gasteiger partial charge is 0.327 e. The van der Waals surface area contributed by atoms with Crippen LogP contribution in [-0.4, -0.2) is 72.0 Å². The topological polar surface area (TPSA) is 96.9 Å². The number of aliphatic carboxylic acids is 1. The Hall–Kier alpha value is -0.480. The van der Waals surface area contributed by atoms with Gasteiger partial charge in [-0.05, 0) is 47.0 Å². The van der Waals surface area contributed by atoms with Gasteiger partial charge in [-0.1, -0.05) is 35.4 Å². The molecule has 0 rings (SSSR count). The van der Waals surface area contributed by atoms with Crippen molar-refractivity contribution in [1.82, 2.24) is 10.6 Å². The molecule has 0 bridgehead atoms. The summed E-state index contributed by atoms with van der Waals surface area (Å²) in [7, 11) is 3.09. The Labute approximate surface area is 190 Å². The summed E-state index contributed by atoms with van der Waals surface area (Å²) < 4.78 is 10.2. The minimum atomic E-state index is -1.03. The van der Waals surface area contributed by atoms with Crippen LogP contribution in [0.25, 0.3) is 0 Å². The standard InChI is InChI=1S/C21H42N2O5S2/c1-16(2)8-11-27-13-14-28-12-9-17(24)23-18(19(25)26)21(6,7)30-29-15-10-22-20(3,4)5/h16,18,22H,8-15H2,1-7H3,(H,23,24)(H,25,26)/t18-/m1/s1. The zero-order valence-electron chi connectivity index (χ0n) is 19.7. The summed E-state index contributed by atoms with van der Waals surface area (Å²) >= 11 is 0. The third-order valence-corrected chi connectivity index (χ3v) is 7.34. The van der Waals surface area contributed by atoms with Crippen molar-refractivity contribution >= 4 is 33.5 Å². The molecule has 30 heavy (non-hydrogen) atoms. The highest BCUT2D eigenvalue weighted by atomic mass is 33.1. The van der Waals surface area contributed by atoms with Gasteiger partial charge in [0.05, 0.1) is 24.6 Å². The number of hydrogen-bond donors (Lipinski definition) is 3. The van der Waals surface area contributed by atoms with Gasteiger partial charge in [-0.15, -0.1) is 0 Å². The maximum atomic E-state index is 12.2. The second-order valence-electron chi connectivity index (χ2n) is 9.18. The van der Waals surface area contributed by atoms with E-state index < -0.39 is 16.8 Å². The number of rotatable bonds is 17. The third-order valence-electron chi connectivity index (χ3n) is 4.05. The summed E-state index contributed by atoms with van der Waals surface area (Å²) in [5.41, 5.74) is 0.0561. The molecule has 1 amide bonds. The van der Waals surface area contributed by atoms with Gasteiger partial charge < -0.3 is 25.2 Å². The second kappa shape index (κ2) is 15.3. The minimum Gasteiger partial charge on any atom is -0.480 e. The number of hydrogen-bond acceptors (Lipinski definition) is 7. The fourth-order valence-corrected chi connectivity index (χ4v) is 4.81. The molecule has 1 atom stereocenters. The maximum Gasteiger partial charge on any atom is 0.327 e. The van der Waals surface area contributed by atoms with Crippen molar-refractivity contribution in [2.24, 2.45) is 5.92 Å². The normalized spacial score (nSPS) is 13.5. The summed E-state index contributed by atoms with van der Waals surface area (Å²) in [6, 6.07) is -0.975. The molecular weight excluding hydrogens is 424 g/mol. The van der Waals surface area contributed by atoms with E-state index in [2.05, 4.69) is 45.3 Å². The number of carbonyl (C=O) groups excluding carboxylic acids is 1. The van der Waals surface area contributed by atoms with E-state index in [1.165, 1.54) is 10.8 Å². The Morgan fingerprint density at radius 2 is 1.60 bits per heavy atom. The molecule has 0 spiro atoms. The summed E-state index contributed by atoms with van der Waals surface area (Å²) in [5, 5.41) is 15.6. The largest absolute Gasteiger partial charge is 0.480 e. The van der Waals surface area contributed by atoms with E-state index in [0.717, 1.165) is 18.7 Å². The van der Waals surface area contributed by atoms with E-state index in [0.29, 0.717) is 25.7 Å². The first kappa shape index (κ1) is 29.5. The summed E-state index contributed by atoms with van der Waals surface area (Å²) in [5.74, 6) is 0.0985. The molecule has 0 heterocycles. The van der Waals surface area contributed by atoms with E-state index in [1.807, 2.05) is 13.8 Å². The molecule has 0 fully saturated rings. The van der Waals surface area contributed by atoms with Gasteiger partial charge in [0.1, 0.15) is 6.04 Å². The highest BCUT2D eigenvalue weighted by Crippen LogP contribution is 2.38. The van der Waals surface area contributed by atoms with E-state index in [1.54, 1.807) is 10.8 Å². The maximum absolute atomic E-state index is 12.2. The lowest BCUT2D eigenvalue weighted by Crippen LogP contribution is -2.52. The Kier molecular flexibility index (Phi) is 15.1. The lowest BCUT2D eigenvalue weighted by Gasteiger charge is -2.31. The van der Waals surface area contributed by atoms with Crippen LogP contribution in [0.2, 0.25) is 0 Å². The fraction of sp³-hybridized carbons (Fsp3) is 0.905. The highest BCUT2D eigenvalue weighted by molar-refractivity contribution is 8.77. The molecule has 178 valence electrons. The molecule has 7 nitrogen and oxygen atoms in total. The van der Waals surface area contributed by atoms with Crippen LogP contribution < -0.4 is 10.6 Å². The number of ether oxygens (including phenoxy) is 2. The Morgan fingerprint density at radius 1 is 1.00 bits per heavy atom. The molecule has 0 aliphatic heterocycles. The SMILES string of the molecule is CC(C)CCOCCOCCC(=O)N[C@H](C(=O)O)C(C)(C)SSCCNC(C)(C)C. The van der Waals surface area contributed by atoms with Crippen LogP contribution in [0.15, 0.2) is 0 Å². The van der Waals surface area contributed by atoms with Gasteiger partial charge in [0.25, 0.3) is 0 Å². The zero-order chi connectivity index (χ0) is 23.2. The lowest BCUT2D eigenvalue weighted by molar-refractivity contribution is -0.142. The molecule has 0 aliphatic carbocycles. The van der Waals surface area contributed by atoms with Crippen molar-refractivity contribution < 1.29 is 24.2 Å². The van der Waals surface area contributed by atoms with Crippen LogP contribution in [0.3, 0.4) is 0 Å². The lowest BCUT2D eigenvalue weighted by atomic mass is 10.0. The minimum absolute atomic E-state index is 0.0561. The molecule has 0 saturated carbocycles. The van der Waals surface area contributed by atoms with Gasteiger partial charge in [-0.25, -0.2) is 4.79 Å². The first-order chi connectivity index (χ1) is 13.8. The van der Waals surface area contributed by atoms with E-state index in [-0.39, 0.29) is 24.5 Å². The van der Waals surface area contributed by atoms with Crippen LogP contribution >= 0.6 is 21.6 Å². The molecule has 0 radical (unpaired) electrons. The van der Waals surface area contributed by atoms with Gasteiger partial charge in [0, 0.05) is 30.9 Å². The molecule has 0 saturated heterocycles. The van der Waals surface area contributed by atoms with Crippen LogP contribution in [-0.2, 0) is 19.1 Å². The van der Waals surface area contributed by atoms with Crippen molar-refractivity contribution in [3.8, 4) is 0 Å². The molecule has 9 heteroatoms. The van der Waals surface area contributed by atoms with Crippen LogP contribution in [0.1, 0.15) is 61.3 Å². The van der Waals surface area contributed by atoms with E-state index in [9.17, 15) is 14.7 Å². The first-order valence-corrected chi connectivity index (χ1v) is 12.9. The molecule has 0 aromatic rings. The molecule has 0 aromatic heterocycles.